The van der Waals surface area contributed by atoms with Crippen LogP contribution >= 0.6 is 11.6 Å². The van der Waals surface area contributed by atoms with E-state index in [4.69, 9.17) is 16.0 Å². The number of nitrogens with one attached hydrogen (secondary N) is 1. The number of fused-ring (bicyclic) bond motifs is 1. The van der Waals surface area contributed by atoms with Crippen LogP contribution in [0.1, 0.15) is 5.76 Å². The number of hydrogen-bond acceptors (Lipinski definition) is 4. The second kappa shape index (κ2) is 5.96. The Kier molecular flexibility index (Phi) is 4.85. The van der Waals surface area contributed by atoms with Crippen LogP contribution in [-0.2, 0) is 16.1 Å². The Morgan fingerprint density at radius 3 is 2.72 bits per heavy atom. The van der Waals surface area contributed by atoms with Crippen LogP contribution in [0.4, 0.5) is 0 Å². The van der Waals surface area contributed by atoms with Gasteiger partial charge in [-0.3, -0.25) is 4.79 Å². The van der Waals surface area contributed by atoms with Gasteiger partial charge in [0.2, 0.25) is 0 Å². The quantitative estimate of drug-likeness (QED) is 0.476. The molecule has 0 unspecified atom stereocenters. The molecule has 88 valence electrons. The maximum Gasteiger partial charge on any atom is 1.00 e. The number of carbonyl (C=O) groups is 2. The molecular formula is C11H7ClLiNO4. The summed E-state index contributed by atoms with van der Waals surface area (Å²) >= 11 is 5.80. The monoisotopic (exact) mass is 259 g/mol. The molecule has 2 aromatic rings. The molecule has 0 aliphatic heterocycles. The second-order valence-electron chi connectivity index (χ2n) is 3.36. The van der Waals surface area contributed by atoms with Crippen molar-refractivity contribution >= 4 is 34.4 Å². The van der Waals surface area contributed by atoms with Gasteiger partial charge in [0.25, 0.3) is 5.91 Å². The van der Waals surface area contributed by atoms with Crippen molar-refractivity contribution in [3.8, 4) is 0 Å². The molecule has 0 radical (unpaired) electrons. The SMILES string of the molecule is O=C([O-])C(=O)NCc1cc2cc(Cl)ccc2o1.[Li+]. The van der Waals surface area contributed by atoms with Crippen molar-refractivity contribution in [3.63, 3.8) is 0 Å². The first kappa shape index (κ1) is 14.6. The summed E-state index contributed by atoms with van der Waals surface area (Å²) in [5, 5.41) is 13.7. The first-order chi connectivity index (χ1) is 8.06. The number of carboxylic acids is 1. The van der Waals surface area contributed by atoms with Crippen molar-refractivity contribution in [3.05, 3.63) is 35.0 Å². The fourth-order valence-electron chi connectivity index (χ4n) is 1.40. The van der Waals surface area contributed by atoms with Crippen molar-refractivity contribution in [1.82, 2.24) is 5.32 Å². The molecule has 0 aliphatic rings. The van der Waals surface area contributed by atoms with Crippen LogP contribution in [0.25, 0.3) is 11.0 Å². The first-order valence-corrected chi connectivity index (χ1v) is 5.11. The van der Waals surface area contributed by atoms with Crippen LogP contribution in [0, 0.1) is 0 Å². The molecule has 1 aromatic carbocycles. The fourth-order valence-corrected chi connectivity index (χ4v) is 1.58. The van der Waals surface area contributed by atoms with Gasteiger partial charge in [0.15, 0.2) is 0 Å². The van der Waals surface area contributed by atoms with Crippen molar-refractivity contribution in [2.75, 3.05) is 0 Å². The normalized spacial score (nSPS) is 9.83. The van der Waals surface area contributed by atoms with E-state index in [-0.39, 0.29) is 25.4 Å². The Bertz CT molecular complexity index is 596. The summed E-state index contributed by atoms with van der Waals surface area (Å²) in [6.45, 7) is -0.0148. The third kappa shape index (κ3) is 3.30. The predicted molar refractivity (Wildman–Crippen MR) is 58.1 cm³/mol. The molecule has 1 aromatic heterocycles. The van der Waals surface area contributed by atoms with E-state index in [1.165, 1.54) is 0 Å². The number of rotatable bonds is 2. The summed E-state index contributed by atoms with van der Waals surface area (Å²) in [5.74, 6) is -2.51. The number of furan rings is 1. The minimum Gasteiger partial charge on any atom is -0.540 e. The van der Waals surface area contributed by atoms with Crippen LogP contribution in [0.3, 0.4) is 0 Å². The van der Waals surface area contributed by atoms with E-state index >= 15 is 0 Å². The molecule has 0 spiro atoms. The van der Waals surface area contributed by atoms with Gasteiger partial charge in [0, 0.05) is 10.4 Å². The summed E-state index contributed by atoms with van der Waals surface area (Å²) in [5.41, 5.74) is 0.618. The van der Waals surface area contributed by atoms with Gasteiger partial charge in [-0.15, -0.1) is 0 Å². The number of amides is 1. The minimum atomic E-state index is -1.77. The number of hydrogen-bond donors (Lipinski definition) is 1. The van der Waals surface area contributed by atoms with Crippen molar-refractivity contribution in [1.29, 1.82) is 0 Å². The Morgan fingerprint density at radius 2 is 2.06 bits per heavy atom. The average Bonchev–Trinajstić information content (AvgIpc) is 2.67. The summed E-state index contributed by atoms with van der Waals surface area (Å²) in [6, 6.07) is 6.76. The number of carboxylic acid groups (broad SMARTS) is 1. The molecule has 0 bridgehead atoms. The van der Waals surface area contributed by atoms with E-state index in [0.29, 0.717) is 16.4 Å². The van der Waals surface area contributed by atoms with Gasteiger partial charge >= 0.3 is 18.9 Å². The maximum absolute atomic E-state index is 10.7. The fraction of sp³-hybridized carbons (Fsp3) is 0.0909. The molecule has 2 rings (SSSR count). The molecule has 0 saturated heterocycles. The zero-order chi connectivity index (χ0) is 12.4. The van der Waals surface area contributed by atoms with Crippen molar-refractivity contribution in [2.45, 2.75) is 6.54 Å². The molecule has 5 nitrogen and oxygen atoms in total. The number of halogens is 1. The number of aliphatic carboxylic acids is 1. The molecular weight excluding hydrogens is 253 g/mol. The predicted octanol–water partition coefficient (Wildman–Crippen LogP) is -2.54. The third-order valence-electron chi connectivity index (χ3n) is 2.14. The van der Waals surface area contributed by atoms with Gasteiger partial charge in [-0.1, -0.05) is 11.6 Å². The largest absolute Gasteiger partial charge is 1.00 e. The van der Waals surface area contributed by atoms with Gasteiger partial charge in [-0.05, 0) is 24.3 Å². The summed E-state index contributed by atoms with van der Waals surface area (Å²) in [4.78, 5) is 20.9. The van der Waals surface area contributed by atoms with Gasteiger partial charge in [0.1, 0.15) is 17.3 Å². The summed E-state index contributed by atoms with van der Waals surface area (Å²) in [6.07, 6.45) is 0. The van der Waals surface area contributed by atoms with E-state index in [0.717, 1.165) is 5.39 Å². The van der Waals surface area contributed by atoms with Gasteiger partial charge in [0.05, 0.1) is 6.54 Å². The number of carbonyl (C=O) groups excluding carboxylic acids is 2. The molecule has 18 heavy (non-hydrogen) atoms. The standard InChI is InChI=1S/C11H8ClNO4.Li/c12-7-1-2-9-6(3-7)4-8(17-9)5-13-10(14)11(15)16;/h1-4H,5H2,(H,13,14)(H,15,16);/q;+1/p-1. The van der Waals surface area contributed by atoms with Gasteiger partial charge in [-0.25, -0.2) is 0 Å². The van der Waals surface area contributed by atoms with Crippen molar-refractivity contribution < 1.29 is 38.0 Å². The van der Waals surface area contributed by atoms with Crippen LogP contribution in [-0.4, -0.2) is 11.9 Å². The van der Waals surface area contributed by atoms with E-state index < -0.39 is 11.9 Å². The van der Waals surface area contributed by atoms with Crippen LogP contribution in [0.2, 0.25) is 5.02 Å². The maximum atomic E-state index is 10.7. The zero-order valence-corrected chi connectivity index (χ0v) is 10.3. The third-order valence-corrected chi connectivity index (χ3v) is 2.37. The molecule has 0 saturated carbocycles. The molecule has 1 amide bonds. The molecule has 0 fully saturated rings. The van der Waals surface area contributed by atoms with E-state index in [9.17, 15) is 14.7 Å². The minimum absolute atomic E-state index is 0. The Labute approximate surface area is 119 Å². The van der Waals surface area contributed by atoms with E-state index in [1.807, 2.05) is 0 Å². The first-order valence-electron chi connectivity index (χ1n) is 4.73. The Morgan fingerprint density at radius 1 is 1.33 bits per heavy atom. The molecule has 0 aliphatic carbocycles. The zero-order valence-electron chi connectivity index (χ0n) is 9.53. The second-order valence-corrected chi connectivity index (χ2v) is 3.80. The average molecular weight is 260 g/mol. The molecule has 0 atom stereocenters. The van der Waals surface area contributed by atoms with Crippen LogP contribution in [0.15, 0.2) is 28.7 Å². The van der Waals surface area contributed by atoms with E-state index in [2.05, 4.69) is 5.32 Å². The summed E-state index contributed by atoms with van der Waals surface area (Å²) in [7, 11) is 0. The Balaban J connectivity index is 0.00000162. The Hall–Kier alpha value is -1.41. The number of benzene rings is 1. The van der Waals surface area contributed by atoms with E-state index in [1.54, 1.807) is 24.3 Å². The van der Waals surface area contributed by atoms with Crippen LogP contribution < -0.4 is 29.3 Å². The van der Waals surface area contributed by atoms with Gasteiger partial charge in [-0.2, -0.15) is 0 Å². The van der Waals surface area contributed by atoms with Crippen molar-refractivity contribution in [2.24, 2.45) is 0 Å². The van der Waals surface area contributed by atoms with Crippen LogP contribution in [0.5, 0.6) is 0 Å². The molecule has 1 N–H and O–H groups in total. The molecule has 7 heteroatoms. The topological polar surface area (TPSA) is 82.4 Å². The molecule has 1 heterocycles. The van der Waals surface area contributed by atoms with Gasteiger partial charge < -0.3 is 19.6 Å². The smallest absolute Gasteiger partial charge is 0.540 e. The summed E-state index contributed by atoms with van der Waals surface area (Å²) < 4.78 is 5.37.